The molecule has 0 radical (unpaired) electrons. The van der Waals surface area contributed by atoms with Crippen molar-refractivity contribution in [2.24, 2.45) is 0 Å². The van der Waals surface area contributed by atoms with Gasteiger partial charge < -0.3 is 10.4 Å². The normalized spacial score (nSPS) is 23.2. The van der Waals surface area contributed by atoms with Crippen LogP contribution in [0.1, 0.15) is 13.8 Å². The summed E-state index contributed by atoms with van der Waals surface area (Å²) in [5.74, 6) is 1.63. The summed E-state index contributed by atoms with van der Waals surface area (Å²) < 4.78 is 0. The second-order valence-electron chi connectivity index (χ2n) is 3.80. The number of aliphatic hydroxyl groups is 1. The van der Waals surface area contributed by atoms with E-state index >= 15 is 0 Å². The molecule has 1 amide bonds. The van der Waals surface area contributed by atoms with Crippen molar-refractivity contribution in [3.05, 3.63) is 0 Å². The SMILES string of the molecule is CC(C)(O)CNC(=O)C1CSCN1. The van der Waals surface area contributed by atoms with Crippen molar-refractivity contribution < 1.29 is 9.90 Å². The quantitative estimate of drug-likeness (QED) is 0.582. The van der Waals surface area contributed by atoms with Crippen molar-refractivity contribution in [3.8, 4) is 0 Å². The molecule has 1 rings (SSSR count). The minimum Gasteiger partial charge on any atom is -0.389 e. The molecule has 5 heteroatoms. The number of rotatable bonds is 3. The van der Waals surface area contributed by atoms with Crippen LogP contribution >= 0.6 is 11.8 Å². The standard InChI is InChI=1S/C8H16N2O2S/c1-8(2,12)4-9-7(11)6-3-13-5-10-6/h6,10,12H,3-5H2,1-2H3,(H,9,11). The zero-order chi connectivity index (χ0) is 9.90. The van der Waals surface area contributed by atoms with Gasteiger partial charge in [0.15, 0.2) is 0 Å². The Morgan fingerprint density at radius 1 is 1.77 bits per heavy atom. The van der Waals surface area contributed by atoms with Crippen molar-refractivity contribution in [2.75, 3.05) is 18.2 Å². The maximum atomic E-state index is 11.4. The van der Waals surface area contributed by atoms with E-state index in [2.05, 4.69) is 10.6 Å². The minimum atomic E-state index is -0.832. The first-order chi connectivity index (χ1) is 5.99. The lowest BCUT2D eigenvalue weighted by Crippen LogP contribution is -2.46. The molecular weight excluding hydrogens is 188 g/mol. The van der Waals surface area contributed by atoms with Crippen LogP contribution in [0.3, 0.4) is 0 Å². The number of hydrogen-bond acceptors (Lipinski definition) is 4. The lowest BCUT2D eigenvalue weighted by atomic mass is 10.1. The highest BCUT2D eigenvalue weighted by Gasteiger charge is 2.23. The molecular formula is C8H16N2O2S. The van der Waals surface area contributed by atoms with Crippen LogP contribution in [-0.2, 0) is 4.79 Å². The third-order valence-corrected chi connectivity index (χ3v) is 2.67. The van der Waals surface area contributed by atoms with Crippen LogP contribution in [0.2, 0.25) is 0 Å². The second kappa shape index (κ2) is 4.30. The van der Waals surface area contributed by atoms with E-state index in [0.717, 1.165) is 11.6 Å². The third-order valence-electron chi connectivity index (χ3n) is 1.73. The molecule has 1 aliphatic rings. The van der Waals surface area contributed by atoms with Gasteiger partial charge in [-0.15, -0.1) is 11.8 Å². The van der Waals surface area contributed by atoms with E-state index in [1.165, 1.54) is 0 Å². The van der Waals surface area contributed by atoms with Crippen molar-refractivity contribution in [2.45, 2.75) is 25.5 Å². The zero-order valence-electron chi connectivity index (χ0n) is 7.96. The molecule has 1 heterocycles. The zero-order valence-corrected chi connectivity index (χ0v) is 8.78. The summed E-state index contributed by atoms with van der Waals surface area (Å²) in [6.45, 7) is 3.64. The Balaban J connectivity index is 2.25. The van der Waals surface area contributed by atoms with Crippen LogP contribution in [0.25, 0.3) is 0 Å². The molecule has 13 heavy (non-hydrogen) atoms. The van der Waals surface area contributed by atoms with E-state index < -0.39 is 5.60 Å². The van der Waals surface area contributed by atoms with E-state index in [-0.39, 0.29) is 11.9 Å². The van der Waals surface area contributed by atoms with E-state index in [4.69, 9.17) is 0 Å². The lowest BCUT2D eigenvalue weighted by molar-refractivity contribution is -0.123. The fourth-order valence-electron chi connectivity index (χ4n) is 0.990. The number of nitrogens with one attached hydrogen (secondary N) is 2. The molecule has 4 nitrogen and oxygen atoms in total. The van der Waals surface area contributed by atoms with Crippen molar-refractivity contribution in [1.29, 1.82) is 0 Å². The molecule has 76 valence electrons. The molecule has 0 bridgehead atoms. The molecule has 0 aromatic rings. The summed E-state index contributed by atoms with van der Waals surface area (Å²) in [4.78, 5) is 11.4. The van der Waals surface area contributed by atoms with Crippen LogP contribution in [0.15, 0.2) is 0 Å². The lowest BCUT2D eigenvalue weighted by Gasteiger charge is -2.19. The van der Waals surface area contributed by atoms with Gasteiger partial charge in [0.1, 0.15) is 0 Å². The summed E-state index contributed by atoms with van der Waals surface area (Å²) in [5, 5.41) is 15.1. The van der Waals surface area contributed by atoms with Crippen molar-refractivity contribution in [1.82, 2.24) is 10.6 Å². The van der Waals surface area contributed by atoms with Gasteiger partial charge in [-0.2, -0.15) is 0 Å². The summed E-state index contributed by atoms with van der Waals surface area (Å²) in [6, 6.07) is -0.0904. The molecule has 3 N–H and O–H groups in total. The largest absolute Gasteiger partial charge is 0.389 e. The Labute approximate surface area is 82.5 Å². The smallest absolute Gasteiger partial charge is 0.238 e. The highest BCUT2D eigenvalue weighted by atomic mass is 32.2. The van der Waals surface area contributed by atoms with Gasteiger partial charge in [-0.1, -0.05) is 0 Å². The monoisotopic (exact) mass is 204 g/mol. The van der Waals surface area contributed by atoms with Gasteiger partial charge in [-0.25, -0.2) is 0 Å². The second-order valence-corrected chi connectivity index (χ2v) is 4.83. The maximum absolute atomic E-state index is 11.4. The average Bonchev–Trinajstić information content (AvgIpc) is 2.50. The van der Waals surface area contributed by atoms with Gasteiger partial charge in [0.2, 0.25) is 5.91 Å². The molecule has 1 unspecified atom stereocenters. The predicted molar refractivity (Wildman–Crippen MR) is 53.6 cm³/mol. The Morgan fingerprint density at radius 2 is 2.46 bits per heavy atom. The Bertz CT molecular complexity index is 185. The number of carbonyl (C=O) groups excluding carboxylic acids is 1. The summed E-state index contributed by atoms with van der Waals surface area (Å²) >= 11 is 1.71. The van der Waals surface area contributed by atoms with Crippen LogP contribution in [0, 0.1) is 0 Å². The first-order valence-corrected chi connectivity index (χ1v) is 5.46. The van der Waals surface area contributed by atoms with Gasteiger partial charge >= 0.3 is 0 Å². The highest BCUT2D eigenvalue weighted by molar-refractivity contribution is 7.99. The summed E-state index contributed by atoms with van der Waals surface area (Å²) in [5.41, 5.74) is -0.832. The fourth-order valence-corrected chi connectivity index (χ4v) is 1.93. The fraction of sp³-hybridized carbons (Fsp3) is 0.875. The van der Waals surface area contributed by atoms with Crippen LogP contribution in [0.4, 0.5) is 0 Å². The number of hydrogen-bond donors (Lipinski definition) is 3. The summed E-state index contributed by atoms with van der Waals surface area (Å²) in [7, 11) is 0. The number of carbonyl (C=O) groups is 1. The maximum Gasteiger partial charge on any atom is 0.238 e. The van der Waals surface area contributed by atoms with E-state index in [9.17, 15) is 9.90 Å². The highest BCUT2D eigenvalue weighted by Crippen LogP contribution is 2.09. The predicted octanol–water partition coefficient (Wildman–Crippen LogP) is -0.464. The average molecular weight is 204 g/mol. The van der Waals surface area contributed by atoms with Gasteiger partial charge in [0.05, 0.1) is 11.6 Å². The summed E-state index contributed by atoms with van der Waals surface area (Å²) in [6.07, 6.45) is 0. The molecule has 1 saturated heterocycles. The molecule has 1 aliphatic heterocycles. The molecule has 0 spiro atoms. The molecule has 0 saturated carbocycles. The van der Waals surface area contributed by atoms with Crippen LogP contribution in [0.5, 0.6) is 0 Å². The first-order valence-electron chi connectivity index (χ1n) is 4.30. The third kappa shape index (κ3) is 3.97. The van der Waals surface area contributed by atoms with Gasteiger partial charge in [0.25, 0.3) is 0 Å². The Kier molecular flexibility index (Phi) is 3.58. The van der Waals surface area contributed by atoms with Crippen LogP contribution < -0.4 is 10.6 Å². The molecule has 0 aromatic heterocycles. The Morgan fingerprint density at radius 3 is 2.92 bits per heavy atom. The molecule has 0 aliphatic carbocycles. The Hall–Kier alpha value is -0.260. The molecule has 1 atom stereocenters. The van der Waals surface area contributed by atoms with Gasteiger partial charge in [-0.05, 0) is 13.8 Å². The molecule has 0 aromatic carbocycles. The van der Waals surface area contributed by atoms with Gasteiger partial charge in [-0.3, -0.25) is 10.1 Å². The van der Waals surface area contributed by atoms with E-state index in [0.29, 0.717) is 6.54 Å². The van der Waals surface area contributed by atoms with E-state index in [1.54, 1.807) is 25.6 Å². The van der Waals surface area contributed by atoms with E-state index in [1.807, 2.05) is 0 Å². The first kappa shape index (κ1) is 10.8. The topological polar surface area (TPSA) is 61.4 Å². The van der Waals surface area contributed by atoms with Crippen LogP contribution in [-0.4, -0.2) is 40.8 Å². The van der Waals surface area contributed by atoms with Crippen molar-refractivity contribution in [3.63, 3.8) is 0 Å². The van der Waals surface area contributed by atoms with Gasteiger partial charge in [0, 0.05) is 18.2 Å². The number of amides is 1. The number of thioether (sulfide) groups is 1. The minimum absolute atomic E-state index is 0.0212. The van der Waals surface area contributed by atoms with Crippen molar-refractivity contribution >= 4 is 17.7 Å². The molecule has 1 fully saturated rings.